The van der Waals surface area contributed by atoms with Crippen LogP contribution in [0.1, 0.15) is 82.5 Å². The Labute approximate surface area is 167 Å². The number of rotatable bonds is 4. The van der Waals surface area contributed by atoms with E-state index in [-0.39, 0.29) is 17.6 Å². The minimum Gasteiger partial charge on any atom is -0.490 e. The topological polar surface area (TPSA) is 98.9 Å². The molecule has 3 N–H and O–H groups in total. The van der Waals surface area contributed by atoms with Gasteiger partial charge in [-0.3, -0.25) is 4.79 Å². The van der Waals surface area contributed by atoms with Crippen molar-refractivity contribution in [2.24, 2.45) is 5.73 Å². The zero-order chi connectivity index (χ0) is 20.8. The van der Waals surface area contributed by atoms with Crippen LogP contribution in [0.3, 0.4) is 0 Å². The number of benzene rings is 1. The molecule has 0 spiro atoms. The summed E-state index contributed by atoms with van der Waals surface area (Å²) in [5.41, 5.74) is 5.22. The van der Waals surface area contributed by atoms with Gasteiger partial charge in [-0.05, 0) is 83.6 Å². The van der Waals surface area contributed by atoms with Crippen molar-refractivity contribution in [2.45, 2.75) is 89.4 Å². The van der Waals surface area contributed by atoms with Crippen LogP contribution in [0.15, 0.2) is 24.3 Å². The molecule has 1 saturated carbocycles. The number of carbonyl (C=O) groups is 2. The monoisotopic (exact) mass is 391 g/mol. The maximum Gasteiger partial charge on any atom is 0.335 e. The maximum atomic E-state index is 12.6. The highest BCUT2D eigenvalue weighted by atomic mass is 16.6. The molecule has 0 saturated heterocycles. The van der Waals surface area contributed by atoms with Crippen LogP contribution in [0, 0.1) is 0 Å². The van der Waals surface area contributed by atoms with Gasteiger partial charge >= 0.3 is 11.9 Å². The van der Waals surface area contributed by atoms with E-state index in [0.29, 0.717) is 18.6 Å². The van der Waals surface area contributed by atoms with Crippen LogP contribution < -0.4 is 10.5 Å². The molecule has 2 rings (SSSR count). The molecule has 2 atom stereocenters. The molecule has 1 fully saturated rings. The maximum absolute atomic E-state index is 12.6. The first kappa shape index (κ1) is 22.2. The van der Waals surface area contributed by atoms with Crippen molar-refractivity contribution in [2.75, 3.05) is 0 Å². The number of nitrogens with two attached hydrogens (primary N) is 1. The number of carbonyl (C=O) groups excluding carboxylic acids is 1. The molecule has 1 aromatic carbocycles. The molecule has 156 valence electrons. The summed E-state index contributed by atoms with van der Waals surface area (Å²) < 4.78 is 11.6. The third-order valence-corrected chi connectivity index (χ3v) is 5.01. The van der Waals surface area contributed by atoms with E-state index < -0.39 is 17.1 Å². The number of aromatic carboxylic acids is 1. The smallest absolute Gasteiger partial charge is 0.335 e. The van der Waals surface area contributed by atoms with Crippen molar-refractivity contribution >= 4 is 11.9 Å². The van der Waals surface area contributed by atoms with Crippen molar-refractivity contribution in [1.82, 2.24) is 0 Å². The molecule has 0 heterocycles. The van der Waals surface area contributed by atoms with E-state index in [1.54, 1.807) is 24.3 Å². The molecular weight excluding hydrogens is 358 g/mol. The second kappa shape index (κ2) is 9.41. The van der Waals surface area contributed by atoms with E-state index in [9.17, 15) is 9.59 Å². The Bertz CT molecular complexity index is 664. The molecule has 0 radical (unpaired) electrons. The van der Waals surface area contributed by atoms with Gasteiger partial charge in [-0.2, -0.15) is 0 Å². The van der Waals surface area contributed by atoms with Crippen LogP contribution in [0.5, 0.6) is 5.75 Å². The summed E-state index contributed by atoms with van der Waals surface area (Å²) >= 11 is 0. The molecule has 2 unspecified atom stereocenters. The minimum absolute atomic E-state index is 0.0247. The second-order valence-electron chi connectivity index (χ2n) is 8.72. The first-order chi connectivity index (χ1) is 13.1. The first-order valence-corrected chi connectivity index (χ1v) is 10.1. The average molecular weight is 392 g/mol. The number of esters is 1. The highest BCUT2D eigenvalue weighted by molar-refractivity contribution is 5.87. The van der Waals surface area contributed by atoms with Crippen LogP contribution in [-0.2, 0) is 9.53 Å². The highest BCUT2D eigenvalue weighted by Crippen LogP contribution is 2.28. The number of ether oxygens (including phenoxy) is 2. The van der Waals surface area contributed by atoms with Gasteiger partial charge in [0.2, 0.25) is 0 Å². The van der Waals surface area contributed by atoms with Crippen LogP contribution in [0.2, 0.25) is 0 Å². The SMILES string of the molecule is CC(C)(C)OC(=O)C1(N)CCCCCC(Oc2ccc(C(=O)O)cc2)CCC1. The molecule has 6 nitrogen and oxygen atoms in total. The van der Waals surface area contributed by atoms with Gasteiger partial charge in [0.25, 0.3) is 0 Å². The lowest BCUT2D eigenvalue weighted by atomic mass is 9.85. The molecule has 0 aliphatic heterocycles. The molecule has 1 aliphatic carbocycles. The number of carboxylic acid groups (broad SMARTS) is 1. The van der Waals surface area contributed by atoms with Gasteiger partial charge in [0.15, 0.2) is 0 Å². The lowest BCUT2D eigenvalue weighted by Crippen LogP contribution is -2.51. The van der Waals surface area contributed by atoms with Gasteiger partial charge in [0.05, 0.1) is 11.7 Å². The van der Waals surface area contributed by atoms with E-state index in [1.165, 1.54) is 0 Å². The van der Waals surface area contributed by atoms with Crippen molar-refractivity contribution in [3.8, 4) is 5.75 Å². The van der Waals surface area contributed by atoms with E-state index in [0.717, 1.165) is 38.5 Å². The predicted molar refractivity (Wildman–Crippen MR) is 108 cm³/mol. The Hall–Kier alpha value is -2.08. The zero-order valence-electron chi connectivity index (χ0n) is 17.2. The van der Waals surface area contributed by atoms with E-state index in [2.05, 4.69) is 0 Å². The summed E-state index contributed by atoms with van der Waals surface area (Å²) in [6, 6.07) is 6.48. The third-order valence-electron chi connectivity index (χ3n) is 5.01. The van der Waals surface area contributed by atoms with Crippen LogP contribution in [0.25, 0.3) is 0 Å². The van der Waals surface area contributed by atoms with Gasteiger partial charge in [0.1, 0.15) is 16.9 Å². The van der Waals surface area contributed by atoms with Crippen molar-refractivity contribution < 1.29 is 24.2 Å². The average Bonchev–Trinajstić information content (AvgIpc) is 2.60. The Morgan fingerprint density at radius 3 is 2.25 bits per heavy atom. The van der Waals surface area contributed by atoms with E-state index >= 15 is 0 Å². The van der Waals surface area contributed by atoms with Gasteiger partial charge in [-0.1, -0.05) is 12.8 Å². The van der Waals surface area contributed by atoms with Gasteiger partial charge in [0, 0.05) is 0 Å². The first-order valence-electron chi connectivity index (χ1n) is 10.1. The minimum atomic E-state index is -0.952. The summed E-state index contributed by atoms with van der Waals surface area (Å²) in [5.74, 6) is -0.604. The number of hydrogen-bond donors (Lipinski definition) is 2. The van der Waals surface area contributed by atoms with E-state index in [1.807, 2.05) is 20.8 Å². The van der Waals surface area contributed by atoms with Crippen molar-refractivity contribution in [3.63, 3.8) is 0 Å². The summed E-state index contributed by atoms with van der Waals surface area (Å²) in [4.78, 5) is 23.6. The van der Waals surface area contributed by atoms with Crippen LogP contribution in [0.4, 0.5) is 0 Å². The molecule has 1 aromatic rings. The standard InChI is InChI=1S/C22H33NO5/c1-21(2,3)28-20(26)22(23)14-6-4-5-8-17(9-7-15-22)27-18-12-10-16(11-13-18)19(24)25/h10-13,17H,4-9,14-15,23H2,1-3H3,(H,24,25). The molecule has 0 bridgehead atoms. The van der Waals surface area contributed by atoms with Gasteiger partial charge in [-0.15, -0.1) is 0 Å². The number of hydrogen-bond acceptors (Lipinski definition) is 5. The van der Waals surface area contributed by atoms with Crippen molar-refractivity contribution in [1.29, 1.82) is 0 Å². The highest BCUT2D eigenvalue weighted by Gasteiger charge is 2.37. The molecule has 6 heteroatoms. The van der Waals surface area contributed by atoms with Gasteiger partial charge < -0.3 is 20.3 Å². The fourth-order valence-corrected chi connectivity index (χ4v) is 3.47. The summed E-state index contributed by atoms with van der Waals surface area (Å²) in [6.07, 6.45) is 6.61. The zero-order valence-corrected chi connectivity index (χ0v) is 17.2. The molecule has 0 aromatic heterocycles. The summed E-state index contributed by atoms with van der Waals surface area (Å²) in [7, 11) is 0. The summed E-state index contributed by atoms with van der Waals surface area (Å²) in [5, 5.41) is 9.00. The Morgan fingerprint density at radius 1 is 1.04 bits per heavy atom. The Kier molecular flexibility index (Phi) is 7.47. The normalized spacial score (nSPS) is 24.2. The second-order valence-corrected chi connectivity index (χ2v) is 8.72. The fourth-order valence-electron chi connectivity index (χ4n) is 3.47. The Balaban J connectivity index is 1.98. The largest absolute Gasteiger partial charge is 0.490 e. The molecular formula is C22H33NO5. The quantitative estimate of drug-likeness (QED) is 0.742. The van der Waals surface area contributed by atoms with Crippen LogP contribution in [-0.4, -0.2) is 34.3 Å². The van der Waals surface area contributed by atoms with E-state index in [4.69, 9.17) is 20.3 Å². The fraction of sp³-hybridized carbons (Fsp3) is 0.636. The van der Waals surface area contributed by atoms with Gasteiger partial charge in [-0.25, -0.2) is 4.79 Å². The predicted octanol–water partition coefficient (Wildman–Crippen LogP) is 4.31. The third kappa shape index (κ3) is 6.82. The lowest BCUT2D eigenvalue weighted by molar-refractivity contribution is -0.162. The number of carboxylic acids is 1. The van der Waals surface area contributed by atoms with Crippen LogP contribution >= 0.6 is 0 Å². The summed E-state index contributed by atoms with van der Waals surface area (Å²) in [6.45, 7) is 5.57. The van der Waals surface area contributed by atoms with Crippen molar-refractivity contribution in [3.05, 3.63) is 29.8 Å². The molecule has 28 heavy (non-hydrogen) atoms. The molecule has 0 amide bonds. The Morgan fingerprint density at radius 2 is 1.64 bits per heavy atom. The lowest BCUT2D eigenvalue weighted by Gasteiger charge is -2.32. The molecule has 1 aliphatic rings.